The molecule has 7 heteroatoms. The zero-order valence-electron chi connectivity index (χ0n) is 14.6. The zero-order chi connectivity index (χ0) is 18.9. The summed E-state index contributed by atoms with van der Waals surface area (Å²) in [6, 6.07) is 5.44. The SMILES string of the molecule is C=CSNC1CCC(NC(=O)NC(C)C#Cc2ccc(Cl)c(Cl)c2)CC1. The molecule has 1 unspecified atom stereocenters. The van der Waals surface area contributed by atoms with Crippen LogP contribution >= 0.6 is 35.1 Å². The first-order valence-electron chi connectivity index (χ1n) is 8.53. The number of urea groups is 1. The molecule has 1 fully saturated rings. The molecule has 2 amide bonds. The molecule has 140 valence electrons. The van der Waals surface area contributed by atoms with Gasteiger partial charge in [-0.15, -0.1) is 0 Å². The van der Waals surface area contributed by atoms with Gasteiger partial charge < -0.3 is 10.6 Å². The highest BCUT2D eigenvalue weighted by Gasteiger charge is 2.22. The van der Waals surface area contributed by atoms with Gasteiger partial charge in [0.05, 0.1) is 16.1 Å². The molecule has 0 spiro atoms. The standard InChI is InChI=1S/C19H23Cl2N3OS/c1-3-26-24-16-9-7-15(8-10-16)23-19(25)22-13(2)4-5-14-6-11-17(20)18(21)12-14/h3,6,11-13,15-16,24H,1,7-10H2,2H3,(H2,22,23,25). The lowest BCUT2D eigenvalue weighted by Gasteiger charge is -2.29. The second-order valence-corrected chi connectivity index (χ2v) is 7.81. The van der Waals surface area contributed by atoms with E-state index in [9.17, 15) is 4.79 Å². The molecule has 26 heavy (non-hydrogen) atoms. The Morgan fingerprint density at radius 1 is 1.27 bits per heavy atom. The topological polar surface area (TPSA) is 53.2 Å². The molecule has 1 aromatic carbocycles. The summed E-state index contributed by atoms with van der Waals surface area (Å²) in [5, 5.41) is 8.64. The van der Waals surface area contributed by atoms with E-state index >= 15 is 0 Å². The molecule has 0 radical (unpaired) electrons. The summed E-state index contributed by atoms with van der Waals surface area (Å²) in [5.74, 6) is 5.99. The van der Waals surface area contributed by atoms with Crippen LogP contribution in [0.1, 0.15) is 38.2 Å². The van der Waals surface area contributed by atoms with E-state index in [0.717, 1.165) is 31.2 Å². The highest BCUT2D eigenvalue weighted by atomic mass is 35.5. The van der Waals surface area contributed by atoms with Crippen molar-refractivity contribution in [2.24, 2.45) is 0 Å². The van der Waals surface area contributed by atoms with E-state index in [2.05, 4.69) is 33.8 Å². The normalized spacial score (nSPS) is 20.4. The Bertz CT molecular complexity index is 694. The van der Waals surface area contributed by atoms with Gasteiger partial charge in [-0.25, -0.2) is 4.79 Å². The predicted octanol–water partition coefficient (Wildman–Crippen LogP) is 4.73. The van der Waals surface area contributed by atoms with Crippen LogP contribution in [0.25, 0.3) is 0 Å². The number of nitrogens with one attached hydrogen (secondary N) is 3. The molecular formula is C19H23Cl2N3OS. The fourth-order valence-electron chi connectivity index (χ4n) is 2.73. The van der Waals surface area contributed by atoms with Crippen LogP contribution in [0.5, 0.6) is 0 Å². The molecule has 1 atom stereocenters. The maximum atomic E-state index is 12.1. The number of amides is 2. The number of rotatable bonds is 5. The van der Waals surface area contributed by atoms with Crippen LogP contribution in [-0.4, -0.2) is 24.2 Å². The first-order valence-corrected chi connectivity index (χ1v) is 10.2. The molecular weight excluding hydrogens is 389 g/mol. The summed E-state index contributed by atoms with van der Waals surface area (Å²) in [6.07, 6.45) is 4.01. The number of benzene rings is 1. The van der Waals surface area contributed by atoms with E-state index in [0.29, 0.717) is 16.1 Å². The summed E-state index contributed by atoms with van der Waals surface area (Å²) in [6.45, 7) is 5.53. The molecule has 0 bridgehead atoms. The Morgan fingerprint density at radius 2 is 1.96 bits per heavy atom. The van der Waals surface area contributed by atoms with Crippen molar-refractivity contribution in [3.63, 3.8) is 0 Å². The van der Waals surface area contributed by atoms with Crippen molar-refractivity contribution in [2.45, 2.75) is 50.7 Å². The highest BCUT2D eigenvalue weighted by Crippen LogP contribution is 2.22. The molecule has 3 N–H and O–H groups in total. The van der Waals surface area contributed by atoms with Crippen molar-refractivity contribution in [3.8, 4) is 11.8 Å². The van der Waals surface area contributed by atoms with Gasteiger partial charge in [0.15, 0.2) is 0 Å². The minimum Gasteiger partial charge on any atom is -0.335 e. The number of halogens is 2. The summed E-state index contributed by atoms with van der Waals surface area (Å²) in [5.41, 5.74) is 0.761. The van der Waals surface area contributed by atoms with Crippen LogP contribution in [-0.2, 0) is 0 Å². The van der Waals surface area contributed by atoms with E-state index in [-0.39, 0.29) is 18.1 Å². The van der Waals surface area contributed by atoms with Gasteiger partial charge in [0, 0.05) is 17.6 Å². The van der Waals surface area contributed by atoms with Gasteiger partial charge in [-0.3, -0.25) is 4.72 Å². The molecule has 1 aliphatic carbocycles. The van der Waals surface area contributed by atoms with Crippen LogP contribution in [0.3, 0.4) is 0 Å². The number of carbonyl (C=O) groups excluding carboxylic acids is 1. The lowest BCUT2D eigenvalue weighted by molar-refractivity contribution is 0.229. The zero-order valence-corrected chi connectivity index (χ0v) is 17.0. The van der Waals surface area contributed by atoms with Crippen molar-refractivity contribution in [3.05, 3.63) is 45.8 Å². The highest BCUT2D eigenvalue weighted by molar-refractivity contribution is 8.00. The van der Waals surface area contributed by atoms with Crippen LogP contribution in [0, 0.1) is 11.8 Å². The molecule has 2 rings (SSSR count). The van der Waals surface area contributed by atoms with E-state index in [1.165, 1.54) is 11.9 Å². The first-order chi connectivity index (χ1) is 12.5. The summed E-state index contributed by atoms with van der Waals surface area (Å²) in [4.78, 5) is 12.1. The maximum absolute atomic E-state index is 12.1. The Balaban J connectivity index is 1.75. The van der Waals surface area contributed by atoms with Crippen LogP contribution < -0.4 is 15.4 Å². The smallest absolute Gasteiger partial charge is 0.315 e. The fourth-order valence-corrected chi connectivity index (χ4v) is 3.55. The fraction of sp³-hybridized carbons (Fsp3) is 0.421. The van der Waals surface area contributed by atoms with Crippen molar-refractivity contribution >= 4 is 41.2 Å². The number of carbonyl (C=O) groups is 1. The van der Waals surface area contributed by atoms with E-state index in [1.54, 1.807) is 23.6 Å². The van der Waals surface area contributed by atoms with E-state index in [1.807, 2.05) is 6.92 Å². The molecule has 0 heterocycles. The summed E-state index contributed by atoms with van der Waals surface area (Å²) in [7, 11) is 0. The minimum atomic E-state index is -0.272. The predicted molar refractivity (Wildman–Crippen MR) is 111 cm³/mol. The molecule has 1 aromatic rings. The Kier molecular flexibility index (Phi) is 8.67. The van der Waals surface area contributed by atoms with Gasteiger partial charge in [-0.2, -0.15) is 0 Å². The van der Waals surface area contributed by atoms with E-state index in [4.69, 9.17) is 23.2 Å². The van der Waals surface area contributed by atoms with Crippen molar-refractivity contribution in [1.82, 2.24) is 15.4 Å². The summed E-state index contributed by atoms with van der Waals surface area (Å²) < 4.78 is 3.35. The Labute approximate surface area is 169 Å². The maximum Gasteiger partial charge on any atom is 0.315 e. The second-order valence-electron chi connectivity index (χ2n) is 6.19. The molecule has 0 saturated heterocycles. The third-order valence-electron chi connectivity index (χ3n) is 4.08. The third kappa shape index (κ3) is 7.13. The molecule has 0 aliphatic heterocycles. The largest absolute Gasteiger partial charge is 0.335 e. The lowest BCUT2D eigenvalue weighted by atomic mass is 9.92. The van der Waals surface area contributed by atoms with Gasteiger partial charge in [0.2, 0.25) is 0 Å². The molecule has 1 saturated carbocycles. The average Bonchev–Trinajstić information content (AvgIpc) is 2.62. The second kappa shape index (κ2) is 10.7. The Morgan fingerprint density at radius 3 is 2.62 bits per heavy atom. The summed E-state index contributed by atoms with van der Waals surface area (Å²) >= 11 is 13.4. The van der Waals surface area contributed by atoms with Gasteiger partial charge in [0.25, 0.3) is 0 Å². The van der Waals surface area contributed by atoms with E-state index < -0.39 is 0 Å². The van der Waals surface area contributed by atoms with Crippen molar-refractivity contribution in [1.29, 1.82) is 0 Å². The number of hydrogen-bond acceptors (Lipinski definition) is 3. The number of hydrogen-bond donors (Lipinski definition) is 3. The van der Waals surface area contributed by atoms with Crippen molar-refractivity contribution < 1.29 is 4.79 Å². The third-order valence-corrected chi connectivity index (χ3v) is 5.46. The van der Waals surface area contributed by atoms with Gasteiger partial charge in [-0.05, 0) is 56.2 Å². The van der Waals surface area contributed by atoms with Gasteiger partial charge in [-0.1, -0.05) is 53.6 Å². The van der Waals surface area contributed by atoms with Crippen LogP contribution in [0.2, 0.25) is 10.0 Å². The average molecular weight is 412 g/mol. The minimum absolute atomic E-state index is 0.183. The molecule has 4 nitrogen and oxygen atoms in total. The van der Waals surface area contributed by atoms with Crippen LogP contribution in [0.4, 0.5) is 4.79 Å². The quantitative estimate of drug-likeness (QED) is 0.484. The van der Waals surface area contributed by atoms with Crippen molar-refractivity contribution in [2.75, 3.05) is 0 Å². The Hall–Kier alpha value is -1.32. The molecule has 1 aliphatic rings. The monoisotopic (exact) mass is 411 g/mol. The first kappa shape index (κ1) is 21.0. The van der Waals surface area contributed by atoms with Gasteiger partial charge in [0.1, 0.15) is 0 Å². The van der Waals surface area contributed by atoms with Crippen LogP contribution in [0.15, 0.2) is 30.2 Å². The molecule has 0 aromatic heterocycles. The lowest BCUT2D eigenvalue weighted by Crippen LogP contribution is -2.47. The van der Waals surface area contributed by atoms with Gasteiger partial charge >= 0.3 is 6.03 Å².